The molecule has 0 aromatic carbocycles. The third-order valence-electron chi connectivity index (χ3n) is 1.72. The summed E-state index contributed by atoms with van der Waals surface area (Å²) in [4.78, 5) is 2.15. The fraction of sp³-hybridized carbons (Fsp3) is 0.778. The molecule has 0 fully saturated rings. The Morgan fingerprint density at radius 2 is 2.00 bits per heavy atom. The van der Waals surface area contributed by atoms with E-state index in [9.17, 15) is 5.11 Å². The second kappa shape index (κ2) is 6.21. The molecule has 0 aliphatic rings. The molecule has 0 rings (SSSR count). The number of likely N-dealkylation sites (N-methyl/N-ethyl adjacent to an activating group) is 1. The van der Waals surface area contributed by atoms with Gasteiger partial charge in [-0.1, -0.05) is 13.8 Å². The summed E-state index contributed by atoms with van der Waals surface area (Å²) in [5.74, 6) is 2.44. The van der Waals surface area contributed by atoms with Crippen molar-refractivity contribution in [1.29, 1.82) is 0 Å². The molecule has 0 amide bonds. The molecule has 0 bridgehead atoms. The lowest BCUT2D eigenvalue weighted by Gasteiger charge is -2.20. The van der Waals surface area contributed by atoms with Crippen LogP contribution in [0.15, 0.2) is 0 Å². The fourth-order valence-corrected chi connectivity index (χ4v) is 0.980. The van der Waals surface area contributed by atoms with E-state index in [1.807, 2.05) is 0 Å². The van der Waals surface area contributed by atoms with Gasteiger partial charge in [-0.15, -0.1) is 12.3 Å². The van der Waals surface area contributed by atoms with Crippen molar-refractivity contribution in [1.82, 2.24) is 4.90 Å². The lowest BCUT2D eigenvalue weighted by Crippen LogP contribution is -2.31. The van der Waals surface area contributed by atoms with Crippen molar-refractivity contribution in [3.8, 4) is 12.3 Å². The molecule has 1 N–H and O–H groups in total. The highest BCUT2D eigenvalue weighted by Gasteiger charge is 2.06. The van der Waals surface area contributed by atoms with E-state index in [0.29, 0.717) is 13.0 Å². The van der Waals surface area contributed by atoms with E-state index in [2.05, 4.69) is 24.7 Å². The molecule has 64 valence electrons. The van der Waals surface area contributed by atoms with Crippen LogP contribution in [-0.2, 0) is 0 Å². The van der Waals surface area contributed by atoms with Crippen LogP contribution < -0.4 is 0 Å². The zero-order valence-electron chi connectivity index (χ0n) is 7.38. The van der Waals surface area contributed by atoms with E-state index in [4.69, 9.17) is 6.42 Å². The van der Waals surface area contributed by atoms with Crippen LogP contribution in [0.1, 0.15) is 20.3 Å². The van der Waals surface area contributed by atoms with E-state index in [0.717, 1.165) is 13.1 Å². The summed E-state index contributed by atoms with van der Waals surface area (Å²) in [6.07, 6.45) is 5.15. The largest absolute Gasteiger partial charge is 0.391 e. The van der Waals surface area contributed by atoms with Crippen LogP contribution in [0.3, 0.4) is 0 Å². The highest BCUT2D eigenvalue weighted by Crippen LogP contribution is 1.94. The van der Waals surface area contributed by atoms with E-state index < -0.39 is 0 Å². The number of hydrogen-bond acceptors (Lipinski definition) is 2. The summed E-state index contributed by atoms with van der Waals surface area (Å²) in [7, 11) is 0. The Labute approximate surface area is 69.2 Å². The average molecular weight is 155 g/mol. The second-order valence-corrected chi connectivity index (χ2v) is 2.55. The molecule has 2 heteroatoms. The first-order chi connectivity index (χ1) is 5.24. The van der Waals surface area contributed by atoms with Crippen molar-refractivity contribution < 1.29 is 5.11 Å². The number of aliphatic hydroxyl groups is 1. The van der Waals surface area contributed by atoms with Gasteiger partial charge in [-0.3, -0.25) is 0 Å². The van der Waals surface area contributed by atoms with Gasteiger partial charge in [0.2, 0.25) is 0 Å². The third kappa shape index (κ3) is 4.83. The van der Waals surface area contributed by atoms with Gasteiger partial charge in [0.15, 0.2) is 0 Å². The van der Waals surface area contributed by atoms with Crippen molar-refractivity contribution in [3.63, 3.8) is 0 Å². The van der Waals surface area contributed by atoms with E-state index in [1.54, 1.807) is 0 Å². The summed E-state index contributed by atoms with van der Waals surface area (Å²) in [6, 6.07) is 0. The molecule has 1 unspecified atom stereocenters. The number of terminal acetylenes is 1. The SMILES string of the molecule is C#CCC(O)CN(CC)CC. The monoisotopic (exact) mass is 155 g/mol. The van der Waals surface area contributed by atoms with Crippen LogP contribution in [0.5, 0.6) is 0 Å². The minimum atomic E-state index is -0.361. The number of rotatable bonds is 5. The molecule has 0 heterocycles. The summed E-state index contributed by atoms with van der Waals surface area (Å²) >= 11 is 0. The van der Waals surface area contributed by atoms with Crippen molar-refractivity contribution in [2.24, 2.45) is 0 Å². The number of aliphatic hydroxyl groups excluding tert-OH is 1. The molecule has 0 aliphatic heterocycles. The quantitative estimate of drug-likeness (QED) is 0.591. The smallest absolute Gasteiger partial charge is 0.0776 e. The van der Waals surface area contributed by atoms with Gasteiger partial charge in [-0.2, -0.15) is 0 Å². The molecular weight excluding hydrogens is 138 g/mol. The first-order valence-electron chi connectivity index (χ1n) is 4.08. The molecule has 0 radical (unpaired) electrons. The third-order valence-corrected chi connectivity index (χ3v) is 1.72. The molecule has 11 heavy (non-hydrogen) atoms. The molecular formula is C9H17NO. The number of nitrogens with zero attached hydrogens (tertiary/aromatic N) is 1. The van der Waals surface area contributed by atoms with Gasteiger partial charge in [0.05, 0.1) is 6.10 Å². The van der Waals surface area contributed by atoms with E-state index >= 15 is 0 Å². The van der Waals surface area contributed by atoms with Gasteiger partial charge in [0.25, 0.3) is 0 Å². The van der Waals surface area contributed by atoms with Gasteiger partial charge in [-0.25, -0.2) is 0 Å². The summed E-state index contributed by atoms with van der Waals surface area (Å²) in [5.41, 5.74) is 0. The van der Waals surface area contributed by atoms with Crippen LogP contribution in [0.25, 0.3) is 0 Å². The molecule has 0 aromatic rings. The van der Waals surface area contributed by atoms with Crippen LogP contribution >= 0.6 is 0 Å². The predicted octanol–water partition coefficient (Wildman–Crippen LogP) is 0.712. The molecule has 0 aliphatic carbocycles. The normalized spacial score (nSPS) is 13.0. The minimum absolute atomic E-state index is 0.361. The molecule has 0 saturated carbocycles. The lowest BCUT2D eigenvalue weighted by atomic mass is 10.2. The van der Waals surface area contributed by atoms with Crippen molar-refractivity contribution in [3.05, 3.63) is 0 Å². The van der Waals surface area contributed by atoms with Gasteiger partial charge < -0.3 is 10.0 Å². The van der Waals surface area contributed by atoms with E-state index in [1.165, 1.54) is 0 Å². The maximum absolute atomic E-state index is 9.30. The van der Waals surface area contributed by atoms with Crippen molar-refractivity contribution in [2.45, 2.75) is 26.4 Å². The van der Waals surface area contributed by atoms with E-state index in [-0.39, 0.29) is 6.10 Å². The predicted molar refractivity (Wildman–Crippen MR) is 47.2 cm³/mol. The van der Waals surface area contributed by atoms with Crippen LogP contribution in [0.4, 0.5) is 0 Å². The molecule has 2 nitrogen and oxygen atoms in total. The van der Waals surface area contributed by atoms with Gasteiger partial charge in [0, 0.05) is 13.0 Å². The fourth-order valence-electron chi connectivity index (χ4n) is 0.980. The average Bonchev–Trinajstić information content (AvgIpc) is 2.01. The zero-order valence-corrected chi connectivity index (χ0v) is 7.38. The zero-order chi connectivity index (χ0) is 8.69. The summed E-state index contributed by atoms with van der Waals surface area (Å²) in [6.45, 7) is 6.78. The Balaban J connectivity index is 3.55. The Kier molecular flexibility index (Phi) is 5.91. The molecule has 0 aromatic heterocycles. The highest BCUT2D eigenvalue weighted by atomic mass is 16.3. The van der Waals surface area contributed by atoms with Gasteiger partial charge >= 0.3 is 0 Å². The molecule has 0 spiro atoms. The molecule has 0 saturated heterocycles. The van der Waals surface area contributed by atoms with Gasteiger partial charge in [0.1, 0.15) is 0 Å². The Morgan fingerprint density at radius 3 is 2.36 bits per heavy atom. The summed E-state index contributed by atoms with van der Waals surface area (Å²) < 4.78 is 0. The van der Waals surface area contributed by atoms with Crippen molar-refractivity contribution >= 4 is 0 Å². The van der Waals surface area contributed by atoms with Gasteiger partial charge in [-0.05, 0) is 13.1 Å². The maximum atomic E-state index is 9.30. The Morgan fingerprint density at radius 1 is 1.45 bits per heavy atom. The van der Waals surface area contributed by atoms with Crippen molar-refractivity contribution in [2.75, 3.05) is 19.6 Å². The minimum Gasteiger partial charge on any atom is -0.391 e. The number of hydrogen-bond donors (Lipinski definition) is 1. The highest BCUT2D eigenvalue weighted by molar-refractivity contribution is 4.87. The topological polar surface area (TPSA) is 23.5 Å². The van der Waals surface area contributed by atoms with Crippen LogP contribution in [0.2, 0.25) is 0 Å². The Bertz CT molecular complexity index is 124. The summed E-state index contributed by atoms with van der Waals surface area (Å²) in [5, 5.41) is 9.30. The first kappa shape index (κ1) is 10.5. The van der Waals surface area contributed by atoms with Crippen LogP contribution in [-0.4, -0.2) is 35.7 Å². The Hall–Kier alpha value is -0.520. The standard InChI is InChI=1S/C9H17NO/c1-4-7-9(11)8-10(5-2)6-3/h1,9,11H,5-8H2,2-3H3. The maximum Gasteiger partial charge on any atom is 0.0776 e. The first-order valence-corrected chi connectivity index (χ1v) is 4.08. The second-order valence-electron chi connectivity index (χ2n) is 2.55. The van der Waals surface area contributed by atoms with Crippen LogP contribution in [0, 0.1) is 12.3 Å². The lowest BCUT2D eigenvalue weighted by molar-refractivity contribution is 0.122. The molecule has 1 atom stereocenters.